The number of carbonyl (C=O) groups excluding carboxylic acids is 1. The third-order valence-corrected chi connectivity index (χ3v) is 5.64. The van der Waals surface area contributed by atoms with Crippen LogP contribution in [-0.2, 0) is 17.8 Å². The molecule has 1 saturated heterocycles. The zero-order valence-corrected chi connectivity index (χ0v) is 16.5. The number of aromatic nitrogens is 1. The predicted octanol–water partition coefficient (Wildman–Crippen LogP) is 3.58. The molecule has 2 unspecified atom stereocenters. The van der Waals surface area contributed by atoms with Crippen molar-refractivity contribution in [3.05, 3.63) is 71.4 Å². The molecule has 0 aliphatic carbocycles. The van der Waals surface area contributed by atoms with Gasteiger partial charge in [-0.25, -0.2) is 10.9 Å². The smallest absolute Gasteiger partial charge is 0.221 e. The lowest BCUT2D eigenvalue weighted by molar-refractivity contribution is -0.121. The molecule has 0 spiro atoms. The van der Waals surface area contributed by atoms with E-state index in [0.29, 0.717) is 6.42 Å². The number of nitrogens with one attached hydrogen (secondary N) is 3. The van der Waals surface area contributed by atoms with Crippen molar-refractivity contribution in [3.63, 3.8) is 0 Å². The second kappa shape index (κ2) is 8.17. The van der Waals surface area contributed by atoms with E-state index in [1.165, 1.54) is 27.7 Å². The van der Waals surface area contributed by atoms with Gasteiger partial charge in [-0.1, -0.05) is 48.5 Å². The van der Waals surface area contributed by atoms with Crippen LogP contribution < -0.4 is 16.2 Å². The van der Waals surface area contributed by atoms with E-state index in [0.717, 1.165) is 19.4 Å². The van der Waals surface area contributed by atoms with Crippen LogP contribution in [0.1, 0.15) is 42.6 Å². The summed E-state index contributed by atoms with van der Waals surface area (Å²) in [5, 5.41) is 4.42. The molecule has 1 amide bonds. The first-order chi connectivity index (χ1) is 13.7. The summed E-state index contributed by atoms with van der Waals surface area (Å²) in [6.45, 7) is 5.30. The maximum Gasteiger partial charge on any atom is 0.221 e. The van der Waals surface area contributed by atoms with Crippen LogP contribution in [-0.4, -0.2) is 16.6 Å². The molecule has 2 heterocycles. The molecule has 5 heteroatoms. The number of hydrazine groups is 1. The number of nitrogens with zero attached hydrogens (tertiary/aromatic N) is 1. The minimum absolute atomic E-state index is 0.0593. The van der Waals surface area contributed by atoms with Crippen molar-refractivity contribution in [2.45, 2.75) is 51.9 Å². The molecule has 5 nitrogen and oxygen atoms in total. The van der Waals surface area contributed by atoms with E-state index in [2.05, 4.69) is 71.0 Å². The van der Waals surface area contributed by atoms with Crippen LogP contribution in [0.4, 0.5) is 0 Å². The van der Waals surface area contributed by atoms with Gasteiger partial charge in [-0.2, -0.15) is 0 Å². The van der Waals surface area contributed by atoms with Crippen LogP contribution in [0.5, 0.6) is 0 Å². The molecule has 3 aromatic rings. The van der Waals surface area contributed by atoms with Gasteiger partial charge in [0.2, 0.25) is 5.91 Å². The standard InChI is InChI=1S/C23H28N4O/c1-3-27-20-12-8-7-11-18(20)16(2)23(27)19-15-21(26-25-19)24-22(28)14-13-17-9-5-4-6-10-17/h4-12,19,21,25-26H,3,13-15H2,1-2H3,(H,24,28). The lowest BCUT2D eigenvalue weighted by Crippen LogP contribution is -2.44. The monoisotopic (exact) mass is 376 g/mol. The van der Waals surface area contributed by atoms with Crippen LogP contribution in [0.25, 0.3) is 10.9 Å². The number of hydrogen-bond acceptors (Lipinski definition) is 3. The van der Waals surface area contributed by atoms with Crippen molar-refractivity contribution in [2.75, 3.05) is 0 Å². The van der Waals surface area contributed by atoms with E-state index in [9.17, 15) is 4.79 Å². The highest BCUT2D eigenvalue weighted by Crippen LogP contribution is 2.32. The van der Waals surface area contributed by atoms with Gasteiger partial charge in [-0.05, 0) is 37.5 Å². The average Bonchev–Trinajstić information content (AvgIpc) is 3.29. The van der Waals surface area contributed by atoms with Gasteiger partial charge in [-0.15, -0.1) is 0 Å². The molecule has 2 aromatic carbocycles. The molecule has 1 aliphatic rings. The molecule has 1 aromatic heterocycles. The summed E-state index contributed by atoms with van der Waals surface area (Å²) in [7, 11) is 0. The maximum atomic E-state index is 12.4. The van der Waals surface area contributed by atoms with Crippen LogP contribution in [0.3, 0.4) is 0 Å². The van der Waals surface area contributed by atoms with Crippen LogP contribution >= 0.6 is 0 Å². The largest absolute Gasteiger partial charge is 0.343 e. The molecular weight excluding hydrogens is 348 g/mol. The minimum atomic E-state index is -0.0593. The Hall–Kier alpha value is -2.63. The quantitative estimate of drug-likeness (QED) is 0.616. The lowest BCUT2D eigenvalue weighted by Gasteiger charge is -2.15. The molecule has 1 aliphatic heterocycles. The van der Waals surface area contributed by atoms with Gasteiger partial charge in [0, 0.05) is 36.0 Å². The first-order valence-electron chi connectivity index (χ1n) is 10.1. The van der Waals surface area contributed by atoms with Crippen molar-refractivity contribution in [3.8, 4) is 0 Å². The molecule has 2 atom stereocenters. The molecule has 4 rings (SSSR count). The Labute approximate surface area is 166 Å². The lowest BCUT2D eigenvalue weighted by atomic mass is 10.0. The third kappa shape index (κ3) is 3.68. The Balaban J connectivity index is 1.41. The number of aryl methyl sites for hydroxylation is 3. The highest BCUT2D eigenvalue weighted by Gasteiger charge is 2.30. The molecule has 28 heavy (non-hydrogen) atoms. The molecule has 0 bridgehead atoms. The number of carbonyl (C=O) groups is 1. The predicted molar refractivity (Wildman–Crippen MR) is 113 cm³/mol. The number of hydrogen-bond donors (Lipinski definition) is 3. The van der Waals surface area contributed by atoms with E-state index in [-0.39, 0.29) is 18.1 Å². The summed E-state index contributed by atoms with van der Waals surface area (Å²) >= 11 is 0. The Morgan fingerprint density at radius 1 is 1.11 bits per heavy atom. The SMILES string of the molecule is CCn1c(C2CC(NC(=O)CCc3ccccc3)NN2)c(C)c2ccccc21. The van der Waals surface area contributed by atoms with E-state index < -0.39 is 0 Å². The van der Waals surface area contributed by atoms with Gasteiger partial charge in [0.25, 0.3) is 0 Å². The summed E-state index contributed by atoms with van der Waals surface area (Å²) < 4.78 is 2.38. The van der Waals surface area contributed by atoms with E-state index in [1.807, 2.05) is 18.2 Å². The van der Waals surface area contributed by atoms with Gasteiger partial charge in [0.05, 0.1) is 12.2 Å². The zero-order chi connectivity index (χ0) is 19.5. The molecule has 1 fully saturated rings. The molecule has 146 valence electrons. The highest BCUT2D eigenvalue weighted by atomic mass is 16.1. The van der Waals surface area contributed by atoms with Gasteiger partial charge >= 0.3 is 0 Å². The Kier molecular flexibility index (Phi) is 5.46. The molecule has 0 radical (unpaired) electrons. The second-order valence-corrected chi connectivity index (χ2v) is 7.45. The summed E-state index contributed by atoms with van der Waals surface area (Å²) in [5.74, 6) is 0.0801. The normalized spacial score (nSPS) is 19.2. The van der Waals surface area contributed by atoms with Crippen LogP contribution in [0.2, 0.25) is 0 Å². The van der Waals surface area contributed by atoms with Crippen molar-refractivity contribution in [1.82, 2.24) is 20.7 Å². The maximum absolute atomic E-state index is 12.4. The van der Waals surface area contributed by atoms with Crippen LogP contribution in [0, 0.1) is 6.92 Å². The third-order valence-electron chi connectivity index (χ3n) is 5.64. The number of fused-ring (bicyclic) bond motifs is 1. The number of benzene rings is 2. The summed E-state index contributed by atoms with van der Waals surface area (Å²) in [5.41, 5.74) is 11.7. The highest BCUT2D eigenvalue weighted by molar-refractivity contribution is 5.85. The Bertz CT molecular complexity index is 963. The van der Waals surface area contributed by atoms with Crippen molar-refractivity contribution < 1.29 is 4.79 Å². The van der Waals surface area contributed by atoms with E-state index in [1.54, 1.807) is 0 Å². The minimum Gasteiger partial charge on any atom is -0.343 e. The molecular formula is C23H28N4O. The first-order valence-corrected chi connectivity index (χ1v) is 10.1. The topological polar surface area (TPSA) is 58.1 Å². The summed E-state index contributed by atoms with van der Waals surface area (Å²) in [6.07, 6.45) is 2.03. The van der Waals surface area contributed by atoms with Gasteiger partial charge < -0.3 is 9.88 Å². The van der Waals surface area contributed by atoms with Crippen molar-refractivity contribution in [2.24, 2.45) is 0 Å². The van der Waals surface area contributed by atoms with E-state index in [4.69, 9.17) is 0 Å². The van der Waals surface area contributed by atoms with Crippen molar-refractivity contribution in [1.29, 1.82) is 0 Å². The molecule has 0 saturated carbocycles. The van der Waals surface area contributed by atoms with Crippen molar-refractivity contribution >= 4 is 16.8 Å². The van der Waals surface area contributed by atoms with E-state index >= 15 is 0 Å². The average molecular weight is 377 g/mol. The Morgan fingerprint density at radius 2 is 1.86 bits per heavy atom. The zero-order valence-electron chi connectivity index (χ0n) is 16.5. The summed E-state index contributed by atoms with van der Waals surface area (Å²) in [4.78, 5) is 12.4. The number of amides is 1. The number of para-hydroxylation sites is 1. The molecule has 3 N–H and O–H groups in total. The van der Waals surface area contributed by atoms with Crippen LogP contribution in [0.15, 0.2) is 54.6 Å². The number of rotatable bonds is 6. The Morgan fingerprint density at radius 3 is 2.64 bits per heavy atom. The first kappa shape index (κ1) is 18.7. The second-order valence-electron chi connectivity index (χ2n) is 7.45. The van der Waals surface area contributed by atoms with Gasteiger partial charge in [-0.3, -0.25) is 4.79 Å². The fraction of sp³-hybridized carbons (Fsp3) is 0.348. The van der Waals surface area contributed by atoms with Gasteiger partial charge in [0.1, 0.15) is 0 Å². The summed E-state index contributed by atoms with van der Waals surface area (Å²) in [6, 6.07) is 18.9. The van der Waals surface area contributed by atoms with Gasteiger partial charge in [0.15, 0.2) is 0 Å². The fourth-order valence-electron chi connectivity index (χ4n) is 4.29. The fourth-order valence-corrected chi connectivity index (χ4v) is 4.29.